The molecular formula is C13H21F7O2Sn. The monoisotopic (exact) mass is 462 g/mol. The summed E-state index contributed by atoms with van der Waals surface area (Å²) in [6, 6.07) is 0. The molecule has 0 bridgehead atoms. The summed E-state index contributed by atoms with van der Waals surface area (Å²) in [5.74, 6) is -5.41. The Kier molecular flexibility index (Phi) is 10.2. The van der Waals surface area contributed by atoms with Crippen LogP contribution in [-0.2, 0) is 6.15 Å². The van der Waals surface area contributed by atoms with Crippen molar-refractivity contribution in [3.8, 4) is 0 Å². The van der Waals surface area contributed by atoms with Crippen LogP contribution in [0, 0.1) is 0 Å². The van der Waals surface area contributed by atoms with Crippen molar-refractivity contribution in [2.24, 2.45) is 0 Å². The van der Waals surface area contributed by atoms with Gasteiger partial charge in [0.1, 0.15) is 0 Å². The van der Waals surface area contributed by atoms with Crippen LogP contribution in [0.25, 0.3) is 0 Å². The Labute approximate surface area is 138 Å². The summed E-state index contributed by atoms with van der Waals surface area (Å²) in [5.41, 5.74) is 0. The van der Waals surface area contributed by atoms with E-state index >= 15 is 0 Å². The molecule has 0 unspecified atom stereocenters. The van der Waals surface area contributed by atoms with Crippen molar-refractivity contribution < 1.29 is 36.9 Å². The predicted octanol–water partition coefficient (Wildman–Crippen LogP) is 5.43. The van der Waals surface area contributed by atoms with Crippen molar-refractivity contribution >= 4 is 20.2 Å². The van der Waals surface area contributed by atoms with E-state index in [1.807, 2.05) is 6.92 Å². The molecule has 0 heterocycles. The van der Waals surface area contributed by atoms with E-state index in [0.717, 1.165) is 32.1 Å². The van der Waals surface area contributed by atoms with Crippen LogP contribution in [0.15, 0.2) is 0 Å². The SMILES string of the molecule is CCCCCCCCC[O][Sn](=[O])[C](F)(F)C(F)(F)CC(F)(F)F. The van der Waals surface area contributed by atoms with Gasteiger partial charge in [-0.3, -0.25) is 0 Å². The standard InChI is InChI=1S/C9H19O.C4H2F7.O.Sn/c1-2-3-4-5-6-7-8-9-10;5-2(6)3(7,8)1-4(9,10)11;;/h2-9H2,1H3;1H2;;/q-1;;;+1. The number of alkyl halides is 7. The fourth-order valence-corrected chi connectivity index (χ4v) is 4.39. The van der Waals surface area contributed by atoms with Crippen LogP contribution in [0.5, 0.6) is 0 Å². The first-order valence-electron chi connectivity index (χ1n) is 7.43. The third-order valence-electron chi connectivity index (χ3n) is 3.12. The second-order valence-corrected chi connectivity index (χ2v) is 9.59. The quantitative estimate of drug-likeness (QED) is 0.220. The first kappa shape index (κ1) is 23.1. The van der Waals surface area contributed by atoms with Gasteiger partial charge in [0.05, 0.1) is 0 Å². The van der Waals surface area contributed by atoms with Gasteiger partial charge in [-0.15, -0.1) is 0 Å². The third-order valence-corrected chi connectivity index (χ3v) is 6.96. The molecular weight excluding hydrogens is 440 g/mol. The molecule has 0 atom stereocenters. The van der Waals surface area contributed by atoms with Gasteiger partial charge < -0.3 is 0 Å². The average molecular weight is 461 g/mol. The number of hydrogen-bond acceptors (Lipinski definition) is 2. The molecule has 0 aromatic rings. The maximum atomic E-state index is 13.2. The Morgan fingerprint density at radius 3 is 1.78 bits per heavy atom. The molecule has 0 saturated carbocycles. The van der Waals surface area contributed by atoms with Gasteiger partial charge >= 0.3 is 138 Å². The maximum absolute atomic E-state index is 13.2. The fourth-order valence-electron chi connectivity index (χ4n) is 1.83. The first-order valence-corrected chi connectivity index (χ1v) is 11.2. The molecule has 0 rings (SSSR count). The second kappa shape index (κ2) is 10.1. The minimum absolute atomic E-state index is 0.263. The van der Waals surface area contributed by atoms with Crippen molar-refractivity contribution in [3.63, 3.8) is 0 Å². The van der Waals surface area contributed by atoms with E-state index in [2.05, 4.69) is 3.07 Å². The van der Waals surface area contributed by atoms with Crippen LogP contribution in [0.4, 0.5) is 30.7 Å². The van der Waals surface area contributed by atoms with Gasteiger partial charge in [-0.05, 0) is 0 Å². The van der Waals surface area contributed by atoms with Crippen LogP contribution >= 0.6 is 0 Å². The molecule has 0 fully saturated rings. The van der Waals surface area contributed by atoms with E-state index in [9.17, 15) is 33.8 Å². The molecule has 2 nitrogen and oxygen atoms in total. The van der Waals surface area contributed by atoms with Gasteiger partial charge in [-0.25, -0.2) is 0 Å². The number of rotatable bonds is 12. The first-order chi connectivity index (χ1) is 10.4. The zero-order valence-corrected chi connectivity index (χ0v) is 15.7. The summed E-state index contributed by atoms with van der Waals surface area (Å²) in [5, 5.41) is 0. The summed E-state index contributed by atoms with van der Waals surface area (Å²) in [6.45, 7) is 1.65. The molecule has 0 radical (unpaired) electrons. The van der Waals surface area contributed by atoms with E-state index in [1.165, 1.54) is 0 Å². The zero-order chi connectivity index (χ0) is 18.1. The van der Waals surface area contributed by atoms with Gasteiger partial charge in [0, 0.05) is 0 Å². The second-order valence-electron chi connectivity index (χ2n) is 5.33. The van der Waals surface area contributed by atoms with Gasteiger partial charge in [0.15, 0.2) is 0 Å². The van der Waals surface area contributed by atoms with Crippen LogP contribution in [0.2, 0.25) is 0 Å². The Bertz CT molecular complexity index is 359. The Balaban J connectivity index is 4.18. The van der Waals surface area contributed by atoms with E-state index in [0.29, 0.717) is 6.42 Å². The van der Waals surface area contributed by atoms with Crippen LogP contribution in [0.1, 0.15) is 58.3 Å². The van der Waals surface area contributed by atoms with Crippen LogP contribution < -0.4 is 0 Å². The van der Waals surface area contributed by atoms with E-state index in [1.54, 1.807) is 0 Å². The summed E-state index contributed by atoms with van der Waals surface area (Å²) < 4.78 is 98.4. The van der Waals surface area contributed by atoms with Crippen molar-refractivity contribution in [2.45, 2.75) is 74.3 Å². The molecule has 0 aromatic heterocycles. The molecule has 138 valence electrons. The molecule has 0 amide bonds. The van der Waals surface area contributed by atoms with Crippen molar-refractivity contribution in [1.82, 2.24) is 0 Å². The normalized spacial score (nSPS) is 13.4. The van der Waals surface area contributed by atoms with E-state index < -0.39 is 49.2 Å². The number of hydrogen-bond donors (Lipinski definition) is 0. The summed E-state index contributed by atoms with van der Waals surface area (Å²) >= 11 is -5.65. The van der Waals surface area contributed by atoms with Crippen molar-refractivity contribution in [2.75, 3.05) is 6.61 Å². The minimum atomic E-state index is -5.65. The fraction of sp³-hybridized carbons (Fsp3) is 1.00. The Morgan fingerprint density at radius 1 is 0.826 bits per heavy atom. The molecule has 0 aromatic carbocycles. The zero-order valence-electron chi connectivity index (χ0n) is 12.8. The molecule has 0 spiro atoms. The molecule has 0 aliphatic rings. The molecule has 0 N–H and O–H groups in total. The predicted molar refractivity (Wildman–Crippen MR) is 71.0 cm³/mol. The molecule has 23 heavy (non-hydrogen) atoms. The molecule has 0 aliphatic heterocycles. The molecule has 0 saturated heterocycles. The molecule has 10 heteroatoms. The third kappa shape index (κ3) is 9.21. The van der Waals surface area contributed by atoms with Crippen molar-refractivity contribution in [1.29, 1.82) is 0 Å². The Hall–Kier alpha value is 0.0687. The summed E-state index contributed by atoms with van der Waals surface area (Å²) in [4.78, 5) is 0. The summed E-state index contributed by atoms with van der Waals surface area (Å²) in [7, 11) is 0. The number of halogens is 7. The topological polar surface area (TPSA) is 26.3 Å². The Morgan fingerprint density at radius 2 is 1.30 bits per heavy atom. The van der Waals surface area contributed by atoms with Gasteiger partial charge in [-0.2, -0.15) is 0 Å². The van der Waals surface area contributed by atoms with Gasteiger partial charge in [0.2, 0.25) is 0 Å². The van der Waals surface area contributed by atoms with Crippen LogP contribution in [0.3, 0.4) is 0 Å². The van der Waals surface area contributed by atoms with Crippen LogP contribution in [-0.4, -0.2) is 42.8 Å². The summed E-state index contributed by atoms with van der Waals surface area (Å²) in [6.07, 6.45) is -2.70. The van der Waals surface area contributed by atoms with E-state index in [4.69, 9.17) is 0 Å². The average Bonchev–Trinajstić information content (AvgIpc) is 2.38. The molecule has 0 aliphatic carbocycles. The van der Waals surface area contributed by atoms with Crippen molar-refractivity contribution in [3.05, 3.63) is 0 Å². The van der Waals surface area contributed by atoms with Gasteiger partial charge in [0.25, 0.3) is 0 Å². The number of unbranched alkanes of at least 4 members (excludes halogenated alkanes) is 6. The van der Waals surface area contributed by atoms with Gasteiger partial charge in [-0.1, -0.05) is 0 Å². The van der Waals surface area contributed by atoms with E-state index in [-0.39, 0.29) is 6.42 Å².